The Morgan fingerprint density at radius 1 is 0.810 bits per heavy atom. The van der Waals surface area contributed by atoms with Crippen molar-refractivity contribution in [2.75, 3.05) is 37.6 Å². The van der Waals surface area contributed by atoms with Crippen molar-refractivity contribution in [2.24, 2.45) is 0 Å². The molecule has 4 heterocycles. The number of carbonyl (C=O) groups is 1. The van der Waals surface area contributed by atoms with Gasteiger partial charge in [-0.1, -0.05) is 48.5 Å². The van der Waals surface area contributed by atoms with Gasteiger partial charge in [0.15, 0.2) is 0 Å². The average Bonchev–Trinajstić information content (AvgIpc) is 3.77. The summed E-state index contributed by atoms with van der Waals surface area (Å²) < 4.78 is 0. The fourth-order valence-corrected chi connectivity index (χ4v) is 7.21. The van der Waals surface area contributed by atoms with E-state index >= 15 is 0 Å². The van der Waals surface area contributed by atoms with Crippen LogP contribution < -0.4 is 4.90 Å². The third-order valence-corrected chi connectivity index (χ3v) is 9.43. The molecule has 1 amide bonds. The maximum Gasteiger partial charge on any atom is 0.255 e. The molecule has 0 spiro atoms. The Labute approximate surface area is 248 Å². The molecule has 2 atom stereocenters. The highest BCUT2D eigenvalue weighted by Gasteiger charge is 2.36. The highest BCUT2D eigenvalue weighted by Crippen LogP contribution is 2.35. The molecule has 0 bridgehead atoms. The Morgan fingerprint density at radius 2 is 1.57 bits per heavy atom. The first-order valence-corrected chi connectivity index (χ1v) is 15.5. The zero-order chi connectivity index (χ0) is 28.5. The minimum atomic E-state index is 0.117. The van der Waals surface area contributed by atoms with Crippen LogP contribution in [-0.4, -0.2) is 59.6 Å². The van der Waals surface area contributed by atoms with Crippen LogP contribution in [0.15, 0.2) is 78.9 Å². The van der Waals surface area contributed by atoms with Crippen molar-refractivity contribution in [1.29, 1.82) is 5.26 Å². The summed E-state index contributed by atoms with van der Waals surface area (Å²) in [4.78, 5) is 26.7. The van der Waals surface area contributed by atoms with Crippen LogP contribution in [0, 0.1) is 11.3 Å². The number of hydrogen-bond acceptors (Lipinski definition) is 5. The molecule has 0 aliphatic carbocycles. The maximum atomic E-state index is 14.5. The van der Waals surface area contributed by atoms with Crippen molar-refractivity contribution in [3.8, 4) is 17.2 Å². The van der Waals surface area contributed by atoms with Crippen LogP contribution >= 0.6 is 0 Å². The number of carbonyl (C=O) groups excluding carboxylic acids is 1. The molecule has 3 fully saturated rings. The Bertz CT molecular complexity index is 1620. The molecule has 3 aromatic carbocycles. The number of rotatable bonds is 5. The fraction of sp³-hybridized carbons (Fsp3) is 0.361. The van der Waals surface area contributed by atoms with E-state index in [2.05, 4.69) is 75.4 Å². The summed E-state index contributed by atoms with van der Waals surface area (Å²) in [6.07, 6.45) is 6.97. The van der Waals surface area contributed by atoms with Crippen LogP contribution in [0.25, 0.3) is 22.0 Å². The smallest absolute Gasteiger partial charge is 0.255 e. The largest absolute Gasteiger partial charge is 0.356 e. The number of nitrogens with zero attached hydrogens (tertiary/aromatic N) is 5. The number of likely N-dealkylation sites (tertiary alicyclic amines) is 2. The quantitative estimate of drug-likeness (QED) is 0.271. The Kier molecular flexibility index (Phi) is 7.36. The van der Waals surface area contributed by atoms with E-state index in [1.807, 2.05) is 24.3 Å². The second-order valence-electron chi connectivity index (χ2n) is 12.0. The lowest BCUT2D eigenvalue weighted by Gasteiger charge is -2.35. The number of piperidine rings is 1. The predicted molar refractivity (Wildman–Crippen MR) is 167 cm³/mol. The molecule has 6 nitrogen and oxygen atoms in total. The van der Waals surface area contributed by atoms with E-state index in [0.29, 0.717) is 11.5 Å². The topological polar surface area (TPSA) is 63.5 Å². The first-order valence-electron chi connectivity index (χ1n) is 15.5. The van der Waals surface area contributed by atoms with Crippen molar-refractivity contribution < 1.29 is 4.79 Å². The first-order chi connectivity index (χ1) is 20.7. The van der Waals surface area contributed by atoms with Gasteiger partial charge >= 0.3 is 0 Å². The summed E-state index contributed by atoms with van der Waals surface area (Å²) in [6, 6.07) is 29.0. The van der Waals surface area contributed by atoms with Crippen molar-refractivity contribution in [3.05, 3.63) is 95.6 Å². The summed E-state index contributed by atoms with van der Waals surface area (Å²) >= 11 is 0. The van der Waals surface area contributed by atoms with Gasteiger partial charge in [0.25, 0.3) is 5.91 Å². The van der Waals surface area contributed by atoms with Gasteiger partial charge in [0.2, 0.25) is 0 Å². The zero-order valence-corrected chi connectivity index (χ0v) is 24.1. The summed E-state index contributed by atoms with van der Waals surface area (Å²) in [5.74, 6) is 1.47. The van der Waals surface area contributed by atoms with Crippen LogP contribution in [0.3, 0.4) is 0 Å². The number of benzene rings is 3. The van der Waals surface area contributed by atoms with Crippen molar-refractivity contribution >= 4 is 22.6 Å². The summed E-state index contributed by atoms with van der Waals surface area (Å²) in [5, 5.41) is 10.1. The van der Waals surface area contributed by atoms with Gasteiger partial charge in [-0.25, -0.2) is 4.98 Å². The molecule has 212 valence electrons. The van der Waals surface area contributed by atoms with Gasteiger partial charge in [-0.15, -0.1) is 0 Å². The molecule has 3 aliphatic heterocycles. The Morgan fingerprint density at radius 3 is 2.36 bits per heavy atom. The molecule has 0 radical (unpaired) electrons. The molecule has 4 aromatic rings. The highest BCUT2D eigenvalue weighted by molar-refractivity contribution is 6.08. The molecule has 7 rings (SSSR count). The molecule has 2 unspecified atom stereocenters. The number of pyridine rings is 1. The normalized spacial score (nSPS) is 21.1. The van der Waals surface area contributed by atoms with E-state index < -0.39 is 0 Å². The molecule has 42 heavy (non-hydrogen) atoms. The highest BCUT2D eigenvalue weighted by atomic mass is 16.2. The van der Waals surface area contributed by atoms with Gasteiger partial charge in [0.05, 0.1) is 28.9 Å². The van der Waals surface area contributed by atoms with E-state index in [1.165, 1.54) is 24.8 Å². The second-order valence-corrected chi connectivity index (χ2v) is 12.0. The summed E-state index contributed by atoms with van der Waals surface area (Å²) in [7, 11) is 0. The minimum Gasteiger partial charge on any atom is -0.356 e. The number of amides is 1. The molecule has 6 heteroatoms. The van der Waals surface area contributed by atoms with E-state index in [9.17, 15) is 10.1 Å². The van der Waals surface area contributed by atoms with Crippen LogP contribution in [0.1, 0.15) is 65.9 Å². The van der Waals surface area contributed by atoms with E-state index in [4.69, 9.17) is 4.98 Å². The first kappa shape index (κ1) is 26.7. The number of anilines is 1. The van der Waals surface area contributed by atoms with Crippen molar-refractivity contribution in [1.82, 2.24) is 14.8 Å². The Balaban J connectivity index is 1.29. The average molecular weight is 556 g/mol. The fourth-order valence-electron chi connectivity index (χ4n) is 7.21. The predicted octanol–water partition coefficient (Wildman–Crippen LogP) is 6.82. The molecule has 3 saturated heterocycles. The molecular formula is C36H37N5O. The summed E-state index contributed by atoms with van der Waals surface area (Å²) in [5.41, 5.74) is 5.66. The summed E-state index contributed by atoms with van der Waals surface area (Å²) in [6.45, 7) is 4.80. The number of aromatic nitrogens is 1. The van der Waals surface area contributed by atoms with Gasteiger partial charge in [-0.2, -0.15) is 5.26 Å². The van der Waals surface area contributed by atoms with Gasteiger partial charge in [-0.3, -0.25) is 9.69 Å². The third kappa shape index (κ3) is 5.14. The second kappa shape index (κ2) is 11.6. The van der Waals surface area contributed by atoms with Crippen LogP contribution in [0.2, 0.25) is 0 Å². The van der Waals surface area contributed by atoms with E-state index in [1.54, 1.807) is 0 Å². The van der Waals surface area contributed by atoms with Crippen molar-refractivity contribution in [2.45, 2.75) is 50.6 Å². The molecule has 1 aromatic heterocycles. The molecule has 3 aliphatic rings. The van der Waals surface area contributed by atoms with Gasteiger partial charge in [0, 0.05) is 44.0 Å². The number of hydrogen-bond donors (Lipinski definition) is 0. The van der Waals surface area contributed by atoms with E-state index in [0.717, 1.165) is 85.4 Å². The lowest BCUT2D eigenvalue weighted by Crippen LogP contribution is -2.46. The standard InChI is InChI=1S/C36H37N5O/c37-24-26-12-14-28(15-13-26)29-16-17-33-31(22-29)32(36(42)41-21-7-11-35(41)39-18-4-5-19-39)23-34(38-33)40-20-6-10-30(25-40)27-8-2-1-3-9-27/h1-3,8-9,12-17,22-23,30,35H,4-7,10-11,18-21,25H2. The van der Waals surface area contributed by atoms with Crippen LogP contribution in [0.4, 0.5) is 5.82 Å². The molecular weight excluding hydrogens is 518 g/mol. The Hall–Kier alpha value is -4.21. The molecule has 0 saturated carbocycles. The molecule has 0 N–H and O–H groups in total. The van der Waals surface area contributed by atoms with Crippen LogP contribution in [0.5, 0.6) is 0 Å². The SMILES string of the molecule is N#Cc1ccc(-c2ccc3nc(N4CCCC(c5ccccc5)C4)cc(C(=O)N4CCCC4N4CCCC4)c3c2)cc1. The zero-order valence-electron chi connectivity index (χ0n) is 24.1. The number of nitriles is 1. The van der Waals surface area contributed by atoms with Crippen LogP contribution in [-0.2, 0) is 0 Å². The minimum absolute atomic E-state index is 0.117. The van der Waals surface area contributed by atoms with Gasteiger partial charge < -0.3 is 9.80 Å². The van der Waals surface area contributed by atoms with E-state index in [-0.39, 0.29) is 12.1 Å². The number of fused-ring (bicyclic) bond motifs is 1. The lowest BCUT2D eigenvalue weighted by molar-refractivity contribution is 0.0533. The lowest BCUT2D eigenvalue weighted by atomic mass is 9.90. The monoisotopic (exact) mass is 555 g/mol. The van der Waals surface area contributed by atoms with Gasteiger partial charge in [-0.05, 0) is 85.5 Å². The maximum absolute atomic E-state index is 14.5. The van der Waals surface area contributed by atoms with Gasteiger partial charge in [0.1, 0.15) is 5.82 Å². The van der Waals surface area contributed by atoms with Crippen molar-refractivity contribution in [3.63, 3.8) is 0 Å². The third-order valence-electron chi connectivity index (χ3n) is 9.43.